The highest BCUT2D eigenvalue weighted by Gasteiger charge is 2.41. The van der Waals surface area contributed by atoms with Gasteiger partial charge in [0, 0.05) is 46.7 Å². The van der Waals surface area contributed by atoms with E-state index >= 15 is 0 Å². The predicted octanol–water partition coefficient (Wildman–Crippen LogP) is 10.4. The Bertz CT molecular complexity index is 1700. The van der Waals surface area contributed by atoms with Gasteiger partial charge in [-0.3, -0.25) is 9.79 Å². The van der Waals surface area contributed by atoms with Crippen LogP contribution in [0, 0.1) is 20.8 Å². The highest BCUT2D eigenvalue weighted by Crippen LogP contribution is 2.49. The van der Waals surface area contributed by atoms with Gasteiger partial charge in [-0.05, 0) is 84.7 Å². The van der Waals surface area contributed by atoms with E-state index in [1.54, 1.807) is 0 Å². The zero-order chi connectivity index (χ0) is 35.3. The third-order valence-electron chi connectivity index (χ3n) is 10.7. The van der Waals surface area contributed by atoms with Gasteiger partial charge in [-0.15, -0.1) is 0 Å². The van der Waals surface area contributed by atoms with E-state index in [0.717, 1.165) is 70.2 Å². The van der Waals surface area contributed by atoms with E-state index in [2.05, 4.69) is 126 Å². The maximum atomic E-state index is 11.5. The summed E-state index contributed by atoms with van der Waals surface area (Å²) in [7, 11) is 0. The maximum Gasteiger partial charge on any atom is 0.305 e. The summed E-state index contributed by atoms with van der Waals surface area (Å²) in [5, 5.41) is 9.47. The smallest absolute Gasteiger partial charge is 0.305 e. The molecular weight excluding hydrogens is 603 g/mol. The second-order valence-electron chi connectivity index (χ2n) is 14.9. The number of benzene rings is 2. The van der Waals surface area contributed by atoms with Gasteiger partial charge < -0.3 is 28.8 Å². The Morgan fingerprint density at radius 1 is 0.837 bits per heavy atom. The number of rotatable bonds is 12. The average molecular weight is 660 g/mol. The first kappa shape index (κ1) is 36.4. The van der Waals surface area contributed by atoms with E-state index in [4.69, 9.17) is 4.99 Å². The van der Waals surface area contributed by atoms with Gasteiger partial charge in [0.05, 0.1) is 18.7 Å². The molecule has 5 nitrogen and oxygen atoms in total. The molecule has 49 heavy (non-hydrogen) atoms. The fourth-order valence-corrected chi connectivity index (χ4v) is 7.82. The Kier molecular flexibility index (Phi) is 11.4. The van der Waals surface area contributed by atoms with Crippen LogP contribution < -0.4 is 9.80 Å². The van der Waals surface area contributed by atoms with Crippen molar-refractivity contribution in [1.29, 1.82) is 0 Å². The molecule has 262 valence electrons. The largest absolute Gasteiger partial charge is 0.481 e. The third kappa shape index (κ3) is 7.51. The molecule has 1 N–H and O–H groups in total. The molecule has 3 aliphatic rings. The molecule has 0 radical (unpaired) electrons. The van der Waals surface area contributed by atoms with Crippen molar-refractivity contribution in [2.24, 2.45) is 4.99 Å². The van der Waals surface area contributed by atoms with Crippen molar-refractivity contribution in [3.8, 4) is 0 Å². The Morgan fingerprint density at radius 2 is 1.37 bits per heavy atom. The van der Waals surface area contributed by atoms with Crippen LogP contribution in [0.15, 0.2) is 88.2 Å². The van der Waals surface area contributed by atoms with Crippen LogP contribution in [0.5, 0.6) is 0 Å². The predicted molar refractivity (Wildman–Crippen MR) is 208 cm³/mol. The summed E-state index contributed by atoms with van der Waals surface area (Å²) in [6.45, 7) is 24.1. The number of aliphatic carboxylic acids is 1. The number of unbranched alkanes of at least 4 members (excludes halogenated alkanes) is 2. The second kappa shape index (κ2) is 15.4. The summed E-state index contributed by atoms with van der Waals surface area (Å²) in [6, 6.07) is 13.8. The monoisotopic (exact) mass is 659 g/mol. The normalized spacial score (nSPS) is 22.2. The minimum absolute atomic E-state index is 0.0215. The number of allylic oxidation sites excluding steroid dienone is 8. The van der Waals surface area contributed by atoms with Crippen LogP contribution in [-0.2, 0) is 22.0 Å². The molecule has 1 aliphatic carbocycles. The number of aryl methyl sites for hydroxylation is 2. The van der Waals surface area contributed by atoms with Gasteiger partial charge in [0.1, 0.15) is 0 Å². The van der Waals surface area contributed by atoms with Crippen molar-refractivity contribution >= 4 is 23.1 Å². The molecule has 0 amide bonds. The summed E-state index contributed by atoms with van der Waals surface area (Å²) < 4.78 is 0. The van der Waals surface area contributed by atoms with Crippen LogP contribution in [0.2, 0.25) is 0 Å². The molecule has 2 aromatic carbocycles. The molecule has 2 aliphatic heterocycles. The summed E-state index contributed by atoms with van der Waals surface area (Å²) in [6.07, 6.45) is 16.9. The van der Waals surface area contributed by atoms with E-state index in [-0.39, 0.29) is 23.8 Å². The van der Waals surface area contributed by atoms with Crippen molar-refractivity contribution in [2.45, 2.75) is 110 Å². The lowest BCUT2D eigenvalue weighted by Gasteiger charge is -2.28. The number of anilines is 2. The number of hydrogen-bond acceptors (Lipinski definition) is 4. The van der Waals surface area contributed by atoms with Crippen molar-refractivity contribution < 1.29 is 9.90 Å². The molecule has 0 bridgehead atoms. The molecule has 1 fully saturated rings. The van der Waals surface area contributed by atoms with Crippen LogP contribution in [0.4, 0.5) is 11.4 Å². The Balaban J connectivity index is 1.57. The van der Waals surface area contributed by atoms with Gasteiger partial charge in [-0.25, -0.2) is 0 Å². The van der Waals surface area contributed by atoms with Crippen molar-refractivity contribution in [1.82, 2.24) is 0 Å². The van der Waals surface area contributed by atoms with E-state index in [0.29, 0.717) is 0 Å². The first-order chi connectivity index (χ1) is 23.4. The number of carbonyl (C=O) groups is 1. The van der Waals surface area contributed by atoms with E-state index in [9.17, 15) is 9.90 Å². The van der Waals surface area contributed by atoms with Gasteiger partial charge in [0.25, 0.3) is 0 Å². The summed E-state index contributed by atoms with van der Waals surface area (Å²) in [5.74, 6) is -0.819. The molecule has 2 aromatic rings. The molecule has 0 atom stereocenters. The Hall–Kier alpha value is -3.86. The number of aliphatic imine (C=N–C) groups is 1. The summed E-state index contributed by atoms with van der Waals surface area (Å²) in [4.78, 5) is 21.5. The lowest BCUT2D eigenvalue weighted by Crippen LogP contribution is -2.27. The molecule has 0 aromatic heterocycles. The molecule has 0 unspecified atom stereocenters. The maximum absolute atomic E-state index is 11.5. The lowest BCUT2D eigenvalue weighted by molar-refractivity contribution is -0.136. The molecule has 0 spiro atoms. The molecule has 2 heterocycles. The summed E-state index contributed by atoms with van der Waals surface area (Å²) >= 11 is 0. The molecule has 5 rings (SSSR count). The highest BCUT2D eigenvalue weighted by atomic mass is 16.4. The zero-order valence-corrected chi connectivity index (χ0v) is 30.9. The van der Waals surface area contributed by atoms with E-state index in [1.165, 1.54) is 56.2 Å². The van der Waals surface area contributed by atoms with E-state index in [1.807, 2.05) is 0 Å². The van der Waals surface area contributed by atoms with Crippen molar-refractivity contribution in [3.63, 3.8) is 0 Å². The highest BCUT2D eigenvalue weighted by molar-refractivity contribution is 6.13. The number of fused-ring (bicyclic) bond motifs is 2. The fourth-order valence-electron chi connectivity index (χ4n) is 7.82. The molecule has 0 saturated heterocycles. The van der Waals surface area contributed by atoms with Crippen LogP contribution >= 0.6 is 0 Å². The minimum Gasteiger partial charge on any atom is -0.481 e. The second-order valence-corrected chi connectivity index (χ2v) is 14.9. The van der Waals surface area contributed by atoms with Gasteiger partial charge in [-0.2, -0.15) is 12.8 Å². The van der Waals surface area contributed by atoms with Gasteiger partial charge in [-0.1, -0.05) is 89.4 Å². The lowest BCUT2D eigenvalue weighted by atomic mass is 9.81. The van der Waals surface area contributed by atoms with Gasteiger partial charge in [0.15, 0.2) is 0 Å². The van der Waals surface area contributed by atoms with Crippen LogP contribution in [0.3, 0.4) is 0 Å². The SMILES string of the molecule is [CH2-]CCCN1C(=CC=C2CCC/C(=C\C=C3/N(CCC[CH2-])c4ccc(C)cc4C3(C)C)C2=NCCC(=O)O)C(C)(C)c2cc(CC)ccc21. The number of hydrogen-bond donors (Lipinski definition) is 1. The van der Waals surface area contributed by atoms with Gasteiger partial charge in [0.2, 0.25) is 0 Å². The third-order valence-corrected chi connectivity index (χ3v) is 10.7. The van der Waals surface area contributed by atoms with Crippen LogP contribution in [0.25, 0.3) is 0 Å². The number of nitrogens with zero attached hydrogens (tertiary/aromatic N) is 3. The quantitative estimate of drug-likeness (QED) is 0.230. The Labute approximate surface area is 296 Å². The Morgan fingerprint density at radius 3 is 1.88 bits per heavy atom. The van der Waals surface area contributed by atoms with Crippen molar-refractivity contribution in [2.75, 3.05) is 29.4 Å². The minimum atomic E-state index is -0.819. The topological polar surface area (TPSA) is 56.1 Å². The van der Waals surface area contributed by atoms with Gasteiger partial charge >= 0.3 is 5.97 Å². The van der Waals surface area contributed by atoms with Crippen molar-refractivity contribution in [3.05, 3.63) is 119 Å². The van der Waals surface area contributed by atoms with E-state index < -0.39 is 5.97 Å². The molecule has 1 saturated carbocycles. The standard InChI is InChI=1S/C44H57N3O2/c1-9-12-27-46-37-21-17-31(4)29-35(37)43(5,6)39(46)23-19-33-15-14-16-34(42(33)45-26-25-41(48)49)20-24-40-44(7,8)36-30-32(11-3)18-22-38(36)47(40)28-13-10-2/h17-24,29-30H,1-2,9-16,25-28H2,3-8H3,(H,48,49)/q-2/b33-19+,34-20?,39-23-,40-24?,45-42?. The summed E-state index contributed by atoms with van der Waals surface area (Å²) in [5.41, 5.74) is 13.6. The molecule has 5 heteroatoms. The number of carboxylic acids is 1. The first-order valence-electron chi connectivity index (χ1n) is 18.4. The molecular formula is C44H57N3O2-2. The number of carboxylic acid groups (broad SMARTS) is 1. The first-order valence-corrected chi connectivity index (χ1v) is 18.4. The van der Waals surface area contributed by atoms with Crippen LogP contribution in [0.1, 0.15) is 108 Å². The average Bonchev–Trinajstić information content (AvgIpc) is 3.41. The fraction of sp³-hybridized carbons (Fsp3) is 0.455. The zero-order valence-electron chi connectivity index (χ0n) is 30.9. The van der Waals surface area contributed by atoms with Crippen LogP contribution in [-0.4, -0.2) is 36.4 Å².